The van der Waals surface area contributed by atoms with E-state index in [1.807, 2.05) is 33.0 Å². The van der Waals surface area contributed by atoms with E-state index < -0.39 is 39.7 Å². The Balaban J connectivity index is -0.00000197. The maximum Gasteiger partial charge on any atom is 0.416 e. The van der Waals surface area contributed by atoms with Crippen LogP contribution >= 0.6 is 0 Å². The number of nitrogens with one attached hydrogen (secondary N) is 3. The van der Waals surface area contributed by atoms with Gasteiger partial charge in [-0.25, -0.2) is 27.6 Å². The van der Waals surface area contributed by atoms with E-state index in [1.165, 1.54) is 13.8 Å². The third-order valence-electron chi connectivity index (χ3n) is 4.76. The van der Waals surface area contributed by atoms with Gasteiger partial charge in [-0.2, -0.15) is 13.2 Å². The molecule has 0 aliphatic rings. The number of furan rings is 1. The zero-order valence-corrected chi connectivity index (χ0v) is 23.1. The van der Waals surface area contributed by atoms with E-state index >= 15 is 0 Å². The summed E-state index contributed by atoms with van der Waals surface area (Å²) in [7, 11) is -3.18. The van der Waals surface area contributed by atoms with E-state index in [4.69, 9.17) is 4.42 Å². The van der Waals surface area contributed by atoms with Gasteiger partial charge in [0.2, 0.25) is 5.95 Å². The molecule has 14 heteroatoms. The standard InChI is InChI=1S/C20H21F4N5O4S.2C2H6.3H2/c1-10-6-12(21)7-14-11(2)16(33-15(10)14)17(20(22,23)24)29-19(30)28-13-8-26-18(27-9-13)25-4-5-34(3,31)32;2*1-2;;;/h6-9,17H,4-5H2,1-3H3,(H,25,26,27)(H2,28,29,30);2*1-2H3;3*1H/t17-;;;;;/m1...../s1. The minimum absolute atomic E-state index is 0. The predicted molar refractivity (Wildman–Crippen MR) is 146 cm³/mol. The fourth-order valence-corrected chi connectivity index (χ4v) is 3.64. The smallest absolute Gasteiger partial charge is 0.416 e. The van der Waals surface area contributed by atoms with Crippen LogP contribution in [-0.2, 0) is 9.84 Å². The topological polar surface area (TPSA) is 126 Å². The van der Waals surface area contributed by atoms with E-state index in [9.17, 15) is 30.8 Å². The molecule has 218 valence electrons. The molecule has 2 heterocycles. The molecular weight excluding hydrogens is 530 g/mol. The lowest BCUT2D eigenvalue weighted by Crippen LogP contribution is -2.40. The monoisotopic (exact) mass is 569 g/mol. The fraction of sp³-hybridized carbons (Fsp3) is 0.458. The summed E-state index contributed by atoms with van der Waals surface area (Å²) in [4.78, 5) is 20.0. The molecule has 3 aromatic rings. The number of benzene rings is 1. The molecule has 9 nitrogen and oxygen atoms in total. The lowest BCUT2D eigenvalue weighted by molar-refractivity contribution is -0.158. The number of rotatable bonds is 7. The third kappa shape index (κ3) is 9.15. The molecule has 1 aromatic carbocycles. The van der Waals surface area contributed by atoms with E-state index in [2.05, 4.69) is 20.6 Å². The molecule has 0 aliphatic carbocycles. The van der Waals surface area contributed by atoms with Gasteiger partial charge < -0.3 is 20.4 Å². The second-order valence-electron chi connectivity index (χ2n) is 7.62. The average molecular weight is 570 g/mol. The Morgan fingerprint density at radius 2 is 1.68 bits per heavy atom. The number of anilines is 2. The lowest BCUT2D eigenvalue weighted by atomic mass is 10.1. The van der Waals surface area contributed by atoms with Crippen LogP contribution < -0.4 is 16.0 Å². The number of fused-ring (bicyclic) bond motifs is 1. The molecule has 3 rings (SSSR count). The number of nitrogens with zero attached hydrogens (tertiary/aromatic N) is 2. The normalized spacial score (nSPS) is 12.0. The van der Waals surface area contributed by atoms with Crippen molar-refractivity contribution in [2.75, 3.05) is 29.2 Å². The van der Waals surface area contributed by atoms with Gasteiger partial charge in [-0.1, -0.05) is 27.7 Å². The van der Waals surface area contributed by atoms with Crippen molar-refractivity contribution in [2.45, 2.75) is 53.8 Å². The Bertz CT molecular complexity index is 1330. The number of alkyl halides is 3. The zero-order chi connectivity index (χ0) is 29.3. The molecule has 0 fully saturated rings. The number of hydrogen-bond acceptors (Lipinski definition) is 7. The van der Waals surface area contributed by atoms with Gasteiger partial charge in [-0.3, -0.25) is 0 Å². The van der Waals surface area contributed by atoms with Crippen molar-refractivity contribution >= 4 is 38.5 Å². The van der Waals surface area contributed by atoms with Crippen LogP contribution in [0.4, 0.5) is 34.0 Å². The van der Waals surface area contributed by atoms with Gasteiger partial charge in [-0.05, 0) is 31.5 Å². The van der Waals surface area contributed by atoms with Gasteiger partial charge in [0.25, 0.3) is 0 Å². The quantitative estimate of drug-likeness (QED) is 0.272. The highest BCUT2D eigenvalue weighted by molar-refractivity contribution is 7.90. The molecule has 3 N–H and O–H groups in total. The van der Waals surface area contributed by atoms with E-state index in [1.54, 1.807) is 0 Å². The molecule has 0 spiro atoms. The van der Waals surface area contributed by atoms with Crippen LogP contribution in [0.2, 0.25) is 0 Å². The largest absolute Gasteiger partial charge is 0.458 e. The Morgan fingerprint density at radius 3 is 2.21 bits per heavy atom. The maximum absolute atomic E-state index is 13.8. The minimum Gasteiger partial charge on any atom is -0.458 e. The number of amides is 2. The van der Waals surface area contributed by atoms with Crippen molar-refractivity contribution in [3.05, 3.63) is 47.2 Å². The first kappa shape index (κ1) is 32.6. The molecule has 0 bridgehead atoms. The molecule has 0 aliphatic heterocycles. The molecule has 38 heavy (non-hydrogen) atoms. The summed E-state index contributed by atoms with van der Waals surface area (Å²) in [5, 5.41) is 6.86. The summed E-state index contributed by atoms with van der Waals surface area (Å²) in [6, 6.07) is -1.50. The van der Waals surface area contributed by atoms with Crippen LogP contribution in [0.25, 0.3) is 11.0 Å². The SMILES string of the molecule is CC.CC.Cc1c([C@@H](NC(=O)Nc2cnc(NCCS(C)(=O)=O)nc2)C(F)(F)F)oc2c(C)cc(F)cc12.[HH].[HH].[HH]. The summed E-state index contributed by atoms with van der Waals surface area (Å²) in [6.45, 7) is 10.9. The van der Waals surface area contributed by atoms with Crippen molar-refractivity contribution in [3.63, 3.8) is 0 Å². The second-order valence-corrected chi connectivity index (χ2v) is 9.88. The molecule has 0 saturated heterocycles. The Hall–Kier alpha value is -3.42. The Labute approximate surface area is 223 Å². The Kier molecular flexibility index (Phi) is 12.0. The number of sulfone groups is 1. The number of halogens is 4. The number of aromatic nitrogens is 2. The van der Waals surface area contributed by atoms with Crippen molar-refractivity contribution in [1.29, 1.82) is 0 Å². The summed E-state index contributed by atoms with van der Waals surface area (Å²) in [6.07, 6.45) is -1.57. The fourth-order valence-electron chi connectivity index (χ4n) is 3.16. The molecule has 2 amide bonds. The molecule has 0 saturated carbocycles. The van der Waals surface area contributed by atoms with Crippen molar-refractivity contribution in [1.82, 2.24) is 15.3 Å². The summed E-state index contributed by atoms with van der Waals surface area (Å²) in [5.41, 5.74) is 0.453. The van der Waals surface area contributed by atoms with Gasteiger partial charge in [0.05, 0.1) is 23.8 Å². The van der Waals surface area contributed by atoms with Crippen molar-refractivity contribution in [3.8, 4) is 0 Å². The van der Waals surface area contributed by atoms with Crippen LogP contribution in [0.15, 0.2) is 28.9 Å². The van der Waals surface area contributed by atoms with Gasteiger partial charge in [0.15, 0.2) is 6.04 Å². The summed E-state index contributed by atoms with van der Waals surface area (Å²) in [5.74, 6) is -1.26. The van der Waals surface area contributed by atoms with Crippen LogP contribution in [0, 0.1) is 19.7 Å². The zero-order valence-electron chi connectivity index (χ0n) is 22.2. The minimum atomic E-state index is -4.91. The highest BCUT2D eigenvalue weighted by Crippen LogP contribution is 2.39. The van der Waals surface area contributed by atoms with Crippen molar-refractivity contribution < 1.29 is 39.5 Å². The van der Waals surface area contributed by atoms with Crippen LogP contribution in [0.5, 0.6) is 0 Å². The first-order valence-electron chi connectivity index (χ1n) is 11.8. The van der Waals surface area contributed by atoms with E-state index in [0.29, 0.717) is 5.56 Å². The Morgan fingerprint density at radius 1 is 1.11 bits per heavy atom. The lowest BCUT2D eigenvalue weighted by Gasteiger charge is -2.20. The predicted octanol–water partition coefficient (Wildman–Crippen LogP) is 6.65. The highest BCUT2D eigenvalue weighted by atomic mass is 32.2. The number of aryl methyl sites for hydroxylation is 2. The number of hydrogen-bond donors (Lipinski definition) is 3. The van der Waals surface area contributed by atoms with Crippen molar-refractivity contribution in [2.24, 2.45) is 0 Å². The highest BCUT2D eigenvalue weighted by Gasteiger charge is 2.45. The van der Waals surface area contributed by atoms with E-state index in [0.717, 1.165) is 30.8 Å². The molecule has 0 unspecified atom stereocenters. The molecular formula is C24H39F4N5O4S. The van der Waals surface area contributed by atoms with Gasteiger partial charge in [0.1, 0.15) is 27.0 Å². The maximum atomic E-state index is 13.8. The summed E-state index contributed by atoms with van der Waals surface area (Å²) >= 11 is 0. The van der Waals surface area contributed by atoms with Gasteiger partial charge in [-0.15, -0.1) is 0 Å². The molecule has 2 aromatic heterocycles. The average Bonchev–Trinajstić information content (AvgIpc) is 3.16. The number of carbonyl (C=O) groups is 1. The number of urea groups is 1. The van der Waals surface area contributed by atoms with Crippen LogP contribution in [0.1, 0.15) is 54.9 Å². The summed E-state index contributed by atoms with van der Waals surface area (Å²) < 4.78 is 82.8. The van der Waals surface area contributed by atoms with Gasteiger partial charge in [0, 0.05) is 28.0 Å². The first-order valence-corrected chi connectivity index (χ1v) is 13.9. The van der Waals surface area contributed by atoms with Crippen LogP contribution in [0.3, 0.4) is 0 Å². The number of carbonyl (C=O) groups excluding carboxylic acids is 1. The molecule has 0 radical (unpaired) electrons. The van der Waals surface area contributed by atoms with Gasteiger partial charge >= 0.3 is 12.2 Å². The third-order valence-corrected chi connectivity index (χ3v) is 5.70. The van der Waals surface area contributed by atoms with Crippen LogP contribution in [-0.4, -0.2) is 49.1 Å². The second kappa shape index (κ2) is 13.9. The van der Waals surface area contributed by atoms with E-state index in [-0.39, 0.29) is 44.7 Å². The first-order chi connectivity index (χ1) is 17.7. The molecule has 1 atom stereocenters.